The molecule has 0 aliphatic heterocycles. The number of phenols is 3. The van der Waals surface area contributed by atoms with Crippen LogP contribution < -0.4 is 10.4 Å². The summed E-state index contributed by atoms with van der Waals surface area (Å²) in [5, 5.41) is 30.1. The van der Waals surface area contributed by atoms with Crippen molar-refractivity contribution in [3.05, 3.63) is 34.7 Å². The van der Waals surface area contributed by atoms with Crippen LogP contribution in [0.4, 0.5) is 0 Å². The van der Waals surface area contributed by atoms with Crippen LogP contribution in [-0.2, 0) is 0 Å². The van der Waals surface area contributed by atoms with E-state index in [0.29, 0.717) is 12.4 Å². The van der Waals surface area contributed by atoms with Gasteiger partial charge >= 0.3 is 5.63 Å². The van der Waals surface area contributed by atoms with E-state index in [1.807, 2.05) is 0 Å². The summed E-state index contributed by atoms with van der Waals surface area (Å²) in [5.41, 5.74) is -0.270. The molecule has 2 heterocycles. The van der Waals surface area contributed by atoms with Crippen LogP contribution in [0.5, 0.6) is 23.0 Å². The predicted molar refractivity (Wildman–Crippen MR) is 85.9 cm³/mol. The first-order valence-corrected chi connectivity index (χ1v) is 7.20. The highest BCUT2D eigenvalue weighted by atomic mass is 16.5. The first kappa shape index (κ1) is 14.3. The second-order valence-corrected chi connectivity index (χ2v) is 5.28. The first-order valence-electron chi connectivity index (χ1n) is 7.20. The maximum Gasteiger partial charge on any atom is 0.348 e. The molecule has 0 fully saturated rings. The van der Waals surface area contributed by atoms with Crippen molar-refractivity contribution < 1.29 is 28.9 Å². The summed E-state index contributed by atoms with van der Waals surface area (Å²) in [7, 11) is 0. The van der Waals surface area contributed by atoms with Crippen molar-refractivity contribution in [1.82, 2.24) is 0 Å². The largest absolute Gasteiger partial charge is 0.507 e. The fourth-order valence-electron chi connectivity index (χ4n) is 2.79. The zero-order valence-electron chi connectivity index (χ0n) is 12.5. The Balaban J connectivity index is 2.20. The number of rotatable bonds is 2. The fourth-order valence-corrected chi connectivity index (χ4v) is 2.79. The van der Waals surface area contributed by atoms with Crippen LogP contribution in [0, 0.1) is 0 Å². The number of phenolic OH excluding ortho intramolecular Hbond substituents is 3. The molecule has 3 N–H and O–H groups in total. The van der Waals surface area contributed by atoms with Gasteiger partial charge in [-0.05, 0) is 13.0 Å². The molecule has 122 valence electrons. The number of aromatic hydroxyl groups is 3. The second-order valence-electron chi connectivity index (χ2n) is 5.28. The molecule has 24 heavy (non-hydrogen) atoms. The standard InChI is InChI=1S/C17H12O7/c1-2-22-7-3-11(20)15-13(4-7)24-17(21)14-8-5-9(18)10(19)6-12(8)23-16(14)15/h3-6,18-20H,2H2,1H3. The van der Waals surface area contributed by atoms with Crippen LogP contribution in [0.25, 0.3) is 32.9 Å². The molecule has 0 amide bonds. The van der Waals surface area contributed by atoms with Crippen molar-refractivity contribution in [2.75, 3.05) is 6.61 Å². The average molecular weight is 328 g/mol. The molecule has 0 radical (unpaired) electrons. The lowest BCUT2D eigenvalue weighted by Crippen LogP contribution is -1.99. The molecule has 4 aromatic rings. The third kappa shape index (κ3) is 1.88. The summed E-state index contributed by atoms with van der Waals surface area (Å²) in [5.74, 6) is -0.577. The quantitative estimate of drug-likeness (QED) is 0.382. The van der Waals surface area contributed by atoms with Crippen LogP contribution in [0.1, 0.15) is 6.92 Å². The van der Waals surface area contributed by atoms with Gasteiger partial charge in [-0.15, -0.1) is 0 Å². The maximum atomic E-state index is 12.4. The summed E-state index contributed by atoms with van der Waals surface area (Å²) < 4.78 is 16.2. The summed E-state index contributed by atoms with van der Waals surface area (Å²) in [6, 6.07) is 5.29. The van der Waals surface area contributed by atoms with Gasteiger partial charge in [-0.1, -0.05) is 0 Å². The second kappa shape index (κ2) is 4.82. The summed E-state index contributed by atoms with van der Waals surface area (Å²) >= 11 is 0. The summed E-state index contributed by atoms with van der Waals surface area (Å²) in [4.78, 5) is 12.4. The van der Waals surface area contributed by atoms with Crippen LogP contribution >= 0.6 is 0 Å². The molecule has 4 rings (SSSR count). The van der Waals surface area contributed by atoms with Gasteiger partial charge < -0.3 is 28.9 Å². The van der Waals surface area contributed by atoms with E-state index in [-0.39, 0.29) is 50.2 Å². The van der Waals surface area contributed by atoms with E-state index < -0.39 is 5.63 Å². The van der Waals surface area contributed by atoms with E-state index in [0.717, 1.165) is 0 Å². The highest BCUT2D eigenvalue weighted by Crippen LogP contribution is 2.40. The van der Waals surface area contributed by atoms with E-state index >= 15 is 0 Å². The number of ether oxygens (including phenoxy) is 1. The highest BCUT2D eigenvalue weighted by molar-refractivity contribution is 6.15. The lowest BCUT2D eigenvalue weighted by atomic mass is 10.1. The molecule has 0 atom stereocenters. The Labute approximate surface area is 133 Å². The molecule has 7 heteroatoms. The van der Waals surface area contributed by atoms with Crippen LogP contribution in [-0.4, -0.2) is 21.9 Å². The molecule has 0 aliphatic carbocycles. The minimum absolute atomic E-state index is 0.0762. The van der Waals surface area contributed by atoms with Crippen molar-refractivity contribution in [2.24, 2.45) is 0 Å². The van der Waals surface area contributed by atoms with E-state index in [9.17, 15) is 20.1 Å². The topological polar surface area (TPSA) is 113 Å². The van der Waals surface area contributed by atoms with Gasteiger partial charge in [0.2, 0.25) is 0 Å². The zero-order valence-corrected chi connectivity index (χ0v) is 12.5. The van der Waals surface area contributed by atoms with Gasteiger partial charge in [0.05, 0.1) is 6.61 Å². The highest BCUT2D eigenvalue weighted by Gasteiger charge is 2.20. The third-order valence-electron chi connectivity index (χ3n) is 3.78. The van der Waals surface area contributed by atoms with Gasteiger partial charge in [-0.25, -0.2) is 4.79 Å². The van der Waals surface area contributed by atoms with Gasteiger partial charge in [-0.3, -0.25) is 0 Å². The van der Waals surface area contributed by atoms with Crippen molar-refractivity contribution in [3.8, 4) is 23.0 Å². The Morgan fingerprint density at radius 3 is 2.42 bits per heavy atom. The molecule has 0 spiro atoms. The molecule has 7 nitrogen and oxygen atoms in total. The Bertz CT molecular complexity index is 1170. The van der Waals surface area contributed by atoms with E-state index in [1.165, 1.54) is 24.3 Å². The van der Waals surface area contributed by atoms with Crippen molar-refractivity contribution in [3.63, 3.8) is 0 Å². The molecule has 2 aromatic heterocycles. The molecule has 2 aromatic carbocycles. The molecule has 0 saturated heterocycles. The Kier molecular flexibility index (Phi) is 2.86. The minimum Gasteiger partial charge on any atom is -0.507 e. The molecule has 0 bridgehead atoms. The monoisotopic (exact) mass is 328 g/mol. The molecular weight excluding hydrogens is 316 g/mol. The SMILES string of the molecule is CCOc1cc(O)c2c(c1)oc(=O)c1c3cc(O)c(O)cc3oc21. The van der Waals surface area contributed by atoms with Crippen molar-refractivity contribution in [2.45, 2.75) is 6.92 Å². The van der Waals surface area contributed by atoms with Crippen molar-refractivity contribution in [1.29, 1.82) is 0 Å². The van der Waals surface area contributed by atoms with Crippen LogP contribution in [0.2, 0.25) is 0 Å². The minimum atomic E-state index is -0.686. The number of furan rings is 1. The van der Waals surface area contributed by atoms with Gasteiger partial charge in [0.1, 0.15) is 33.4 Å². The molecule has 0 aliphatic rings. The molecule has 0 unspecified atom stereocenters. The van der Waals surface area contributed by atoms with E-state index in [4.69, 9.17) is 13.6 Å². The zero-order chi connectivity index (χ0) is 17.0. The lowest BCUT2D eigenvalue weighted by Gasteiger charge is -2.06. The van der Waals surface area contributed by atoms with Crippen molar-refractivity contribution >= 4 is 32.9 Å². The van der Waals surface area contributed by atoms with E-state index in [1.54, 1.807) is 6.92 Å². The number of fused-ring (bicyclic) bond motifs is 5. The van der Waals surface area contributed by atoms with Crippen LogP contribution in [0.15, 0.2) is 37.9 Å². The van der Waals surface area contributed by atoms with E-state index in [2.05, 4.69) is 0 Å². The van der Waals surface area contributed by atoms with Gasteiger partial charge in [0.15, 0.2) is 17.1 Å². The van der Waals surface area contributed by atoms with Gasteiger partial charge in [-0.2, -0.15) is 0 Å². The normalized spacial score (nSPS) is 11.5. The van der Waals surface area contributed by atoms with Gasteiger partial charge in [0, 0.05) is 23.6 Å². The Morgan fingerprint density at radius 2 is 1.67 bits per heavy atom. The average Bonchev–Trinajstić information content (AvgIpc) is 2.86. The summed E-state index contributed by atoms with van der Waals surface area (Å²) in [6.07, 6.45) is 0. The smallest absolute Gasteiger partial charge is 0.348 e. The number of hydrogen-bond acceptors (Lipinski definition) is 7. The Morgan fingerprint density at radius 1 is 0.917 bits per heavy atom. The maximum absolute atomic E-state index is 12.4. The lowest BCUT2D eigenvalue weighted by molar-refractivity contribution is 0.337. The Hall–Kier alpha value is -3.35. The van der Waals surface area contributed by atoms with Crippen LogP contribution in [0.3, 0.4) is 0 Å². The third-order valence-corrected chi connectivity index (χ3v) is 3.78. The fraction of sp³-hybridized carbons (Fsp3) is 0.118. The number of hydrogen-bond donors (Lipinski definition) is 3. The summed E-state index contributed by atoms with van der Waals surface area (Å²) in [6.45, 7) is 2.18. The first-order chi connectivity index (χ1) is 11.5. The molecule has 0 saturated carbocycles. The predicted octanol–water partition coefficient (Wildman–Crippen LogP) is 3.21. The van der Waals surface area contributed by atoms with Gasteiger partial charge in [0.25, 0.3) is 0 Å². The molecular formula is C17H12O7. The number of benzene rings is 2.